The monoisotopic (exact) mass is 313 g/mol. The number of nitrogens with one attached hydrogen (secondary N) is 1. The fourth-order valence-corrected chi connectivity index (χ4v) is 1.75. The number of alkyl halides is 1. The average Bonchev–Trinajstić information content (AvgIpc) is 2.38. The molecule has 18 heavy (non-hydrogen) atoms. The van der Waals surface area contributed by atoms with E-state index >= 15 is 0 Å². The van der Waals surface area contributed by atoms with E-state index in [1.165, 1.54) is 0 Å². The maximum Gasteiger partial charge on any atom is 0.234 e. The molecule has 100 valence electrons. The molecule has 0 spiro atoms. The fraction of sp³-hybridized carbons (Fsp3) is 0.500. The standard InChI is InChI=1S/C14H20BrNO2/c1-4-13(15)14(17)16-10(3)11-7-6-8-12(9-11)18-5-2/h6-10,13H,4-5H2,1-3H3,(H,16,17)/t10-,13-/m0/s1. The van der Waals surface area contributed by atoms with Crippen molar-refractivity contribution in [1.29, 1.82) is 0 Å². The van der Waals surface area contributed by atoms with Gasteiger partial charge >= 0.3 is 0 Å². The van der Waals surface area contributed by atoms with Crippen molar-refractivity contribution >= 4 is 21.8 Å². The molecule has 0 radical (unpaired) electrons. The molecule has 0 aliphatic rings. The largest absolute Gasteiger partial charge is 0.494 e. The Bertz CT molecular complexity index is 395. The molecule has 1 aromatic rings. The number of ether oxygens (including phenoxy) is 1. The summed E-state index contributed by atoms with van der Waals surface area (Å²) in [5.41, 5.74) is 1.05. The first kappa shape index (κ1) is 15.0. The minimum atomic E-state index is -0.130. The zero-order valence-corrected chi connectivity index (χ0v) is 12.7. The molecular formula is C14H20BrNO2. The molecule has 0 bridgehead atoms. The third-order valence-electron chi connectivity index (χ3n) is 2.67. The Labute approximate surface area is 117 Å². The van der Waals surface area contributed by atoms with Crippen LogP contribution < -0.4 is 10.1 Å². The smallest absolute Gasteiger partial charge is 0.234 e. The number of hydrogen-bond acceptors (Lipinski definition) is 2. The summed E-state index contributed by atoms with van der Waals surface area (Å²) in [4.78, 5) is 11.6. The zero-order valence-electron chi connectivity index (χ0n) is 11.1. The molecule has 2 atom stereocenters. The summed E-state index contributed by atoms with van der Waals surface area (Å²) in [6.45, 7) is 6.54. The van der Waals surface area contributed by atoms with Crippen LogP contribution in [0.4, 0.5) is 0 Å². The second-order valence-corrected chi connectivity index (χ2v) is 5.22. The second kappa shape index (κ2) is 7.41. The van der Waals surface area contributed by atoms with Crippen molar-refractivity contribution in [3.05, 3.63) is 29.8 Å². The lowest BCUT2D eigenvalue weighted by Crippen LogP contribution is -2.32. The van der Waals surface area contributed by atoms with Crippen LogP contribution in [0.2, 0.25) is 0 Å². The van der Waals surface area contributed by atoms with E-state index in [-0.39, 0.29) is 16.8 Å². The van der Waals surface area contributed by atoms with E-state index in [1.54, 1.807) is 0 Å². The number of hydrogen-bond donors (Lipinski definition) is 1. The molecular weight excluding hydrogens is 294 g/mol. The number of amides is 1. The van der Waals surface area contributed by atoms with Crippen LogP contribution in [-0.4, -0.2) is 17.3 Å². The van der Waals surface area contributed by atoms with Crippen LogP contribution in [0.3, 0.4) is 0 Å². The lowest BCUT2D eigenvalue weighted by atomic mass is 10.1. The first-order chi connectivity index (χ1) is 8.58. The van der Waals surface area contributed by atoms with Crippen molar-refractivity contribution in [1.82, 2.24) is 5.32 Å². The number of carbonyl (C=O) groups is 1. The third-order valence-corrected chi connectivity index (χ3v) is 3.73. The van der Waals surface area contributed by atoms with E-state index in [0.717, 1.165) is 17.7 Å². The van der Waals surface area contributed by atoms with Gasteiger partial charge in [-0.3, -0.25) is 4.79 Å². The van der Waals surface area contributed by atoms with Crippen LogP contribution >= 0.6 is 15.9 Å². The number of halogens is 1. The summed E-state index contributed by atoms with van der Waals surface area (Å²) in [5, 5.41) is 2.97. The molecule has 0 unspecified atom stereocenters. The first-order valence-corrected chi connectivity index (χ1v) is 7.17. The quantitative estimate of drug-likeness (QED) is 0.817. The van der Waals surface area contributed by atoms with Crippen LogP contribution in [0.25, 0.3) is 0 Å². The number of benzene rings is 1. The van der Waals surface area contributed by atoms with Crippen LogP contribution in [0.5, 0.6) is 5.75 Å². The molecule has 1 aromatic carbocycles. The Morgan fingerprint density at radius 1 is 1.44 bits per heavy atom. The summed E-state index contributed by atoms with van der Waals surface area (Å²) < 4.78 is 5.45. The van der Waals surface area contributed by atoms with E-state index in [2.05, 4.69) is 21.2 Å². The van der Waals surface area contributed by atoms with Gasteiger partial charge in [0.1, 0.15) is 5.75 Å². The SMILES string of the molecule is CCOc1cccc([C@H](C)NC(=O)[C@@H](Br)CC)c1. The highest BCUT2D eigenvalue weighted by Gasteiger charge is 2.15. The lowest BCUT2D eigenvalue weighted by molar-refractivity contribution is -0.121. The van der Waals surface area contributed by atoms with Gasteiger partial charge < -0.3 is 10.1 Å². The molecule has 0 heterocycles. The van der Waals surface area contributed by atoms with Gasteiger partial charge in [0.05, 0.1) is 17.5 Å². The third kappa shape index (κ3) is 4.33. The average molecular weight is 314 g/mol. The molecule has 1 amide bonds. The molecule has 0 saturated heterocycles. The van der Waals surface area contributed by atoms with E-state index in [9.17, 15) is 4.79 Å². The number of rotatable bonds is 6. The first-order valence-electron chi connectivity index (χ1n) is 6.25. The zero-order chi connectivity index (χ0) is 13.5. The normalized spacial score (nSPS) is 13.8. The second-order valence-electron chi connectivity index (χ2n) is 4.11. The summed E-state index contributed by atoms with van der Waals surface area (Å²) >= 11 is 3.35. The lowest BCUT2D eigenvalue weighted by Gasteiger charge is -2.17. The van der Waals surface area contributed by atoms with E-state index in [1.807, 2.05) is 45.0 Å². The molecule has 1 rings (SSSR count). The van der Waals surface area contributed by atoms with E-state index in [4.69, 9.17) is 4.74 Å². The van der Waals surface area contributed by atoms with Gasteiger partial charge in [-0.05, 0) is 38.0 Å². The summed E-state index contributed by atoms with van der Waals surface area (Å²) in [7, 11) is 0. The highest BCUT2D eigenvalue weighted by Crippen LogP contribution is 2.19. The van der Waals surface area contributed by atoms with Crippen molar-refractivity contribution in [2.24, 2.45) is 0 Å². The maximum atomic E-state index is 11.8. The predicted molar refractivity (Wildman–Crippen MR) is 77.2 cm³/mol. The Morgan fingerprint density at radius 2 is 2.17 bits per heavy atom. The molecule has 1 N–H and O–H groups in total. The topological polar surface area (TPSA) is 38.3 Å². The van der Waals surface area contributed by atoms with Crippen molar-refractivity contribution < 1.29 is 9.53 Å². The van der Waals surface area contributed by atoms with Crippen LogP contribution in [0.15, 0.2) is 24.3 Å². The Kier molecular flexibility index (Phi) is 6.19. The van der Waals surface area contributed by atoms with Gasteiger partial charge in [0.25, 0.3) is 0 Å². The van der Waals surface area contributed by atoms with Crippen molar-refractivity contribution in [3.63, 3.8) is 0 Å². The van der Waals surface area contributed by atoms with Gasteiger partial charge in [0.15, 0.2) is 0 Å². The Balaban J connectivity index is 2.68. The summed E-state index contributed by atoms with van der Waals surface area (Å²) in [5.74, 6) is 0.855. The maximum absolute atomic E-state index is 11.8. The van der Waals surface area contributed by atoms with E-state index in [0.29, 0.717) is 6.61 Å². The van der Waals surface area contributed by atoms with Gasteiger partial charge in [-0.25, -0.2) is 0 Å². The van der Waals surface area contributed by atoms with Gasteiger partial charge in [0, 0.05) is 0 Å². The molecule has 0 saturated carbocycles. The number of carbonyl (C=O) groups excluding carboxylic acids is 1. The molecule has 3 nitrogen and oxygen atoms in total. The van der Waals surface area contributed by atoms with Crippen molar-refractivity contribution in [2.45, 2.75) is 38.1 Å². The Morgan fingerprint density at radius 3 is 2.78 bits per heavy atom. The predicted octanol–water partition coefficient (Wildman–Crippen LogP) is 3.44. The van der Waals surface area contributed by atoms with Crippen LogP contribution in [0.1, 0.15) is 38.8 Å². The van der Waals surface area contributed by atoms with Gasteiger partial charge in [0.2, 0.25) is 5.91 Å². The molecule has 0 aliphatic heterocycles. The summed E-state index contributed by atoms with van der Waals surface area (Å²) in [6, 6.07) is 7.78. The van der Waals surface area contributed by atoms with E-state index < -0.39 is 0 Å². The van der Waals surface area contributed by atoms with Crippen LogP contribution in [0, 0.1) is 0 Å². The van der Waals surface area contributed by atoms with Gasteiger partial charge in [-0.2, -0.15) is 0 Å². The van der Waals surface area contributed by atoms with Crippen LogP contribution in [-0.2, 0) is 4.79 Å². The molecule has 0 aliphatic carbocycles. The summed E-state index contributed by atoms with van der Waals surface area (Å²) in [6.07, 6.45) is 0.775. The van der Waals surface area contributed by atoms with Gasteiger partial charge in [-0.15, -0.1) is 0 Å². The minimum absolute atomic E-state index is 0.0202. The molecule has 0 fully saturated rings. The van der Waals surface area contributed by atoms with Gasteiger partial charge in [-0.1, -0.05) is 35.0 Å². The van der Waals surface area contributed by atoms with Crippen molar-refractivity contribution in [2.75, 3.05) is 6.61 Å². The highest BCUT2D eigenvalue weighted by molar-refractivity contribution is 9.10. The minimum Gasteiger partial charge on any atom is -0.494 e. The molecule has 4 heteroatoms. The molecule has 0 aromatic heterocycles. The Hall–Kier alpha value is -1.03. The fourth-order valence-electron chi connectivity index (χ4n) is 1.61. The highest BCUT2D eigenvalue weighted by atomic mass is 79.9. The van der Waals surface area contributed by atoms with Crippen molar-refractivity contribution in [3.8, 4) is 5.75 Å².